The number of thiazole rings is 1. The maximum Gasteiger partial charge on any atom is 0.270 e. The number of thioether (sulfide) groups is 1. The molecule has 0 spiro atoms. The summed E-state index contributed by atoms with van der Waals surface area (Å²) in [5.74, 6) is -0.531. The van der Waals surface area contributed by atoms with Crippen molar-refractivity contribution in [3.8, 4) is 0 Å². The van der Waals surface area contributed by atoms with Gasteiger partial charge in [-0.2, -0.15) is 0 Å². The molecule has 3 N–H and O–H groups in total. The number of benzene rings is 2. The number of rotatable bonds is 7. The molecule has 0 bridgehead atoms. The molecule has 34 heavy (non-hydrogen) atoms. The van der Waals surface area contributed by atoms with E-state index in [0.717, 1.165) is 23.0 Å². The quantitative estimate of drug-likeness (QED) is 0.255. The van der Waals surface area contributed by atoms with E-state index in [1.807, 2.05) is 31.2 Å². The Balaban J connectivity index is 1.35. The molecule has 2 heterocycles. The number of nitro groups is 1. The van der Waals surface area contributed by atoms with Crippen LogP contribution in [0.25, 0.3) is 6.08 Å². The van der Waals surface area contributed by atoms with Gasteiger partial charge in [0.1, 0.15) is 0 Å². The van der Waals surface area contributed by atoms with E-state index in [0.29, 0.717) is 26.5 Å². The molecule has 4 rings (SSSR count). The second-order valence-corrected chi connectivity index (χ2v) is 9.02. The lowest BCUT2D eigenvalue weighted by atomic mass is 10.2. The number of carbonyl (C=O) groups is 2. The number of nitrogens with one attached hydrogen (secondary N) is 3. The van der Waals surface area contributed by atoms with Crippen molar-refractivity contribution >= 4 is 62.7 Å². The van der Waals surface area contributed by atoms with Crippen LogP contribution in [0.5, 0.6) is 0 Å². The van der Waals surface area contributed by atoms with Gasteiger partial charge in [0.15, 0.2) is 5.17 Å². The van der Waals surface area contributed by atoms with Gasteiger partial charge in [-0.05, 0) is 42.0 Å². The van der Waals surface area contributed by atoms with Crippen LogP contribution in [0.1, 0.15) is 16.8 Å². The Morgan fingerprint density at radius 2 is 2.09 bits per heavy atom. The summed E-state index contributed by atoms with van der Waals surface area (Å²) in [5, 5.41) is 23.1. The molecule has 1 aliphatic rings. The fourth-order valence-corrected chi connectivity index (χ4v) is 4.40. The minimum atomic E-state index is -0.491. The maximum absolute atomic E-state index is 12.3. The topological polar surface area (TPSA) is 139 Å². The number of para-hydroxylation sites is 1. The normalized spacial score (nSPS) is 15.4. The standard InChI is InChI=1S/C22H18N6O4S2/c1-13-5-2-3-8-17(13)24-19(29)11-15-12-33-21(23-15)26-27-22-25-20(30)18(34-22)10-14-6-4-7-16(9-14)28(31)32/h2-10,12H,11H2,1H3,(H,23,26)(H,24,29)(H,25,27,30). The van der Waals surface area contributed by atoms with Gasteiger partial charge in [0.25, 0.3) is 11.6 Å². The van der Waals surface area contributed by atoms with Crippen LogP contribution in [0.3, 0.4) is 0 Å². The van der Waals surface area contributed by atoms with E-state index in [2.05, 4.69) is 26.1 Å². The van der Waals surface area contributed by atoms with E-state index in [-0.39, 0.29) is 23.9 Å². The molecular weight excluding hydrogens is 476 g/mol. The molecule has 1 saturated heterocycles. The molecule has 3 aromatic rings. The van der Waals surface area contributed by atoms with Crippen molar-refractivity contribution in [2.45, 2.75) is 13.3 Å². The zero-order valence-electron chi connectivity index (χ0n) is 17.8. The van der Waals surface area contributed by atoms with Crippen LogP contribution in [0.2, 0.25) is 0 Å². The van der Waals surface area contributed by atoms with Crippen molar-refractivity contribution < 1.29 is 14.5 Å². The van der Waals surface area contributed by atoms with Crippen LogP contribution in [-0.2, 0) is 16.0 Å². The summed E-state index contributed by atoms with van der Waals surface area (Å²) in [4.78, 5) is 39.7. The lowest BCUT2D eigenvalue weighted by molar-refractivity contribution is -0.384. The summed E-state index contributed by atoms with van der Waals surface area (Å²) in [6.45, 7) is 1.92. The summed E-state index contributed by atoms with van der Waals surface area (Å²) in [7, 11) is 0. The van der Waals surface area contributed by atoms with Gasteiger partial charge < -0.3 is 5.32 Å². The van der Waals surface area contributed by atoms with Crippen LogP contribution >= 0.6 is 23.1 Å². The van der Waals surface area contributed by atoms with Crippen molar-refractivity contribution in [3.63, 3.8) is 0 Å². The highest BCUT2D eigenvalue weighted by Gasteiger charge is 2.24. The third-order valence-electron chi connectivity index (χ3n) is 4.60. The second-order valence-electron chi connectivity index (χ2n) is 7.13. The van der Waals surface area contributed by atoms with Crippen LogP contribution in [0, 0.1) is 17.0 Å². The first-order valence-electron chi connectivity index (χ1n) is 9.96. The average molecular weight is 495 g/mol. The predicted molar refractivity (Wildman–Crippen MR) is 133 cm³/mol. The smallest absolute Gasteiger partial charge is 0.270 e. The molecule has 0 saturated carbocycles. The number of non-ortho nitro benzene ring substituents is 1. The van der Waals surface area contributed by atoms with Gasteiger partial charge in [-0.25, -0.2) is 4.98 Å². The number of nitro benzene ring substituents is 1. The fraction of sp³-hybridized carbons (Fsp3) is 0.0909. The van der Waals surface area contributed by atoms with Gasteiger partial charge >= 0.3 is 0 Å². The molecule has 0 aliphatic carbocycles. The van der Waals surface area contributed by atoms with Gasteiger partial charge in [0.2, 0.25) is 11.0 Å². The third kappa shape index (κ3) is 5.85. The summed E-state index contributed by atoms with van der Waals surface area (Å²) in [6, 6.07) is 13.5. The molecule has 1 aliphatic heterocycles. The van der Waals surface area contributed by atoms with E-state index < -0.39 is 4.92 Å². The van der Waals surface area contributed by atoms with Crippen molar-refractivity contribution in [1.29, 1.82) is 0 Å². The highest BCUT2D eigenvalue weighted by Crippen LogP contribution is 2.27. The Morgan fingerprint density at radius 1 is 1.26 bits per heavy atom. The van der Waals surface area contributed by atoms with Crippen LogP contribution in [0.4, 0.5) is 16.5 Å². The zero-order chi connectivity index (χ0) is 24.1. The number of aromatic nitrogens is 1. The number of nitrogens with zero attached hydrogens (tertiary/aromatic N) is 3. The first-order chi connectivity index (χ1) is 16.4. The first-order valence-corrected chi connectivity index (χ1v) is 11.7. The van der Waals surface area contributed by atoms with E-state index in [4.69, 9.17) is 0 Å². The number of amidine groups is 1. The Morgan fingerprint density at radius 3 is 2.88 bits per heavy atom. The molecule has 2 amide bonds. The van der Waals surface area contributed by atoms with Crippen molar-refractivity contribution in [1.82, 2.24) is 10.3 Å². The highest BCUT2D eigenvalue weighted by molar-refractivity contribution is 8.18. The molecule has 2 aromatic carbocycles. The van der Waals surface area contributed by atoms with E-state index in [1.165, 1.54) is 23.5 Å². The predicted octanol–water partition coefficient (Wildman–Crippen LogP) is 4.13. The Kier molecular flexibility index (Phi) is 6.99. The summed E-state index contributed by atoms with van der Waals surface area (Å²) < 4.78 is 0. The summed E-state index contributed by atoms with van der Waals surface area (Å²) in [6.07, 6.45) is 1.68. The van der Waals surface area contributed by atoms with E-state index >= 15 is 0 Å². The Bertz CT molecular complexity index is 1330. The number of amides is 2. The Labute approximate surface area is 202 Å². The van der Waals surface area contributed by atoms with Crippen LogP contribution in [-0.4, -0.2) is 26.9 Å². The number of hydrogen-bond acceptors (Lipinski definition) is 9. The fourth-order valence-electron chi connectivity index (χ4n) is 2.97. The maximum atomic E-state index is 12.3. The number of aryl methyl sites for hydroxylation is 1. The average Bonchev–Trinajstić information content (AvgIpc) is 3.40. The van der Waals surface area contributed by atoms with Crippen molar-refractivity contribution in [2.75, 3.05) is 10.7 Å². The molecule has 0 radical (unpaired) electrons. The zero-order valence-corrected chi connectivity index (χ0v) is 19.4. The molecule has 1 aromatic heterocycles. The monoisotopic (exact) mass is 494 g/mol. The van der Waals surface area contributed by atoms with Crippen LogP contribution in [0.15, 0.2) is 63.9 Å². The first kappa shape index (κ1) is 23.1. The minimum absolute atomic E-state index is 0.0551. The summed E-state index contributed by atoms with van der Waals surface area (Å²) >= 11 is 2.38. The van der Waals surface area contributed by atoms with Crippen molar-refractivity contribution in [3.05, 3.63) is 85.8 Å². The SMILES string of the molecule is Cc1ccccc1NC(=O)Cc1csc(N/N=C2\NC(=O)C(=Cc3cccc([N+](=O)[O-])c3)S2)n1. The number of carbonyl (C=O) groups excluding carboxylic acids is 2. The van der Waals surface area contributed by atoms with Gasteiger partial charge in [-0.15, -0.1) is 16.4 Å². The molecule has 0 unspecified atom stereocenters. The Hall–Kier alpha value is -4.03. The van der Waals surface area contributed by atoms with Crippen molar-refractivity contribution in [2.24, 2.45) is 5.10 Å². The lowest BCUT2D eigenvalue weighted by Gasteiger charge is -2.06. The third-order valence-corrected chi connectivity index (χ3v) is 6.30. The van der Waals surface area contributed by atoms with Gasteiger partial charge in [-0.1, -0.05) is 30.3 Å². The summed E-state index contributed by atoms with van der Waals surface area (Å²) in [5.41, 5.74) is 5.59. The van der Waals surface area contributed by atoms with Gasteiger partial charge in [0.05, 0.1) is 21.9 Å². The molecule has 0 atom stereocenters. The molecule has 12 heteroatoms. The molecular formula is C22H18N6O4S2. The minimum Gasteiger partial charge on any atom is -0.326 e. The molecule has 172 valence electrons. The number of hydrazone groups is 1. The second kappa shape index (κ2) is 10.3. The van der Waals surface area contributed by atoms with Crippen LogP contribution < -0.4 is 16.1 Å². The number of anilines is 2. The highest BCUT2D eigenvalue weighted by atomic mass is 32.2. The van der Waals surface area contributed by atoms with E-state index in [1.54, 1.807) is 23.6 Å². The van der Waals surface area contributed by atoms with Gasteiger partial charge in [-0.3, -0.25) is 30.4 Å². The lowest BCUT2D eigenvalue weighted by Crippen LogP contribution is -2.20. The largest absolute Gasteiger partial charge is 0.326 e. The van der Waals surface area contributed by atoms with E-state index in [9.17, 15) is 19.7 Å². The number of hydrogen-bond donors (Lipinski definition) is 3. The molecule has 1 fully saturated rings. The molecule has 10 nitrogen and oxygen atoms in total. The van der Waals surface area contributed by atoms with Gasteiger partial charge in [0, 0.05) is 23.2 Å².